The highest BCUT2D eigenvalue weighted by Crippen LogP contribution is 2.36. The molecule has 1 aliphatic rings. The molecular weight excluding hydrogens is 342 g/mol. The fourth-order valence-corrected chi connectivity index (χ4v) is 3.66. The smallest absolute Gasteiger partial charge is 0.270 e. The molecule has 27 heavy (non-hydrogen) atoms. The zero-order valence-electron chi connectivity index (χ0n) is 16.0. The van der Waals surface area contributed by atoms with E-state index in [1.165, 1.54) is 5.56 Å². The Hall–Kier alpha value is -2.44. The molecule has 0 spiro atoms. The van der Waals surface area contributed by atoms with Crippen molar-refractivity contribution in [3.63, 3.8) is 0 Å². The van der Waals surface area contributed by atoms with E-state index in [0.29, 0.717) is 6.61 Å². The van der Waals surface area contributed by atoms with Crippen molar-refractivity contribution in [3.05, 3.63) is 69.8 Å². The molecule has 0 N–H and O–H groups in total. The van der Waals surface area contributed by atoms with Gasteiger partial charge in [0.1, 0.15) is 6.23 Å². The van der Waals surface area contributed by atoms with Gasteiger partial charge in [-0.15, -0.1) is 0 Å². The van der Waals surface area contributed by atoms with E-state index in [4.69, 9.17) is 4.74 Å². The van der Waals surface area contributed by atoms with Crippen LogP contribution in [-0.2, 0) is 11.3 Å². The van der Waals surface area contributed by atoms with Crippen LogP contribution in [0, 0.1) is 10.1 Å². The Morgan fingerprint density at radius 2 is 1.93 bits per heavy atom. The number of hydrogen-bond donors (Lipinski definition) is 0. The predicted molar refractivity (Wildman–Crippen MR) is 107 cm³/mol. The highest BCUT2D eigenvalue weighted by atomic mass is 16.6. The maximum absolute atomic E-state index is 11.4. The van der Waals surface area contributed by atoms with Crippen molar-refractivity contribution in [2.75, 3.05) is 31.1 Å². The first-order chi connectivity index (χ1) is 13.1. The Balaban J connectivity index is 1.99. The molecular formula is C21H27N3O3. The van der Waals surface area contributed by atoms with E-state index in [9.17, 15) is 10.1 Å². The van der Waals surface area contributed by atoms with Crippen LogP contribution in [0.4, 0.5) is 11.4 Å². The lowest BCUT2D eigenvalue weighted by atomic mass is 10.1. The third-order valence-electron chi connectivity index (χ3n) is 5.02. The van der Waals surface area contributed by atoms with Gasteiger partial charge in [0.15, 0.2) is 0 Å². The molecule has 144 valence electrons. The van der Waals surface area contributed by atoms with Crippen LogP contribution in [0.15, 0.2) is 48.5 Å². The highest BCUT2D eigenvalue weighted by Gasteiger charge is 2.29. The van der Waals surface area contributed by atoms with Gasteiger partial charge in [-0.2, -0.15) is 0 Å². The molecule has 1 atom stereocenters. The van der Waals surface area contributed by atoms with Gasteiger partial charge in [-0.25, -0.2) is 0 Å². The summed E-state index contributed by atoms with van der Waals surface area (Å²) >= 11 is 0. The maximum Gasteiger partial charge on any atom is 0.270 e. The molecule has 1 heterocycles. The molecule has 6 nitrogen and oxygen atoms in total. The van der Waals surface area contributed by atoms with Crippen LogP contribution in [-0.4, -0.2) is 36.1 Å². The number of rotatable bonds is 7. The van der Waals surface area contributed by atoms with Crippen LogP contribution in [0.1, 0.15) is 37.6 Å². The predicted octanol–water partition coefficient (Wildman–Crippen LogP) is 4.36. The third kappa shape index (κ3) is 4.46. The molecule has 2 aromatic rings. The average Bonchev–Trinajstić information content (AvgIpc) is 2.70. The minimum Gasteiger partial charge on any atom is -0.372 e. The van der Waals surface area contributed by atoms with Crippen molar-refractivity contribution in [2.45, 2.75) is 33.0 Å². The van der Waals surface area contributed by atoms with Crippen LogP contribution in [0.25, 0.3) is 0 Å². The molecule has 0 radical (unpaired) electrons. The first kappa shape index (κ1) is 19.3. The summed E-state index contributed by atoms with van der Waals surface area (Å²) < 4.78 is 6.14. The fraction of sp³-hybridized carbons (Fsp3) is 0.429. The Morgan fingerprint density at radius 1 is 1.19 bits per heavy atom. The van der Waals surface area contributed by atoms with E-state index >= 15 is 0 Å². The Bertz CT molecular complexity index is 763. The van der Waals surface area contributed by atoms with Crippen molar-refractivity contribution in [1.82, 2.24) is 4.90 Å². The monoisotopic (exact) mass is 369 g/mol. The van der Waals surface area contributed by atoms with Crippen LogP contribution in [0.3, 0.4) is 0 Å². The average molecular weight is 369 g/mol. The normalized spacial score (nSPS) is 17.6. The van der Waals surface area contributed by atoms with Crippen LogP contribution in [0.2, 0.25) is 0 Å². The molecule has 0 unspecified atom stereocenters. The molecule has 0 amide bonds. The molecule has 0 saturated carbocycles. The Kier molecular flexibility index (Phi) is 6.42. The lowest BCUT2D eigenvalue weighted by molar-refractivity contribution is -0.385. The van der Waals surface area contributed by atoms with Crippen molar-refractivity contribution < 1.29 is 9.66 Å². The van der Waals surface area contributed by atoms with Crippen LogP contribution < -0.4 is 4.90 Å². The van der Waals surface area contributed by atoms with E-state index in [1.807, 2.05) is 24.3 Å². The SMILES string of the molecule is CCN(CC)c1ccc([N+](=O)[O-])cc1[C@@H]1OCCCN1Cc1ccccc1. The molecule has 1 saturated heterocycles. The van der Waals surface area contributed by atoms with Gasteiger partial charge in [0.2, 0.25) is 0 Å². The van der Waals surface area contributed by atoms with Crippen LogP contribution in [0.5, 0.6) is 0 Å². The molecule has 0 aromatic heterocycles. The van der Waals surface area contributed by atoms with Crippen molar-refractivity contribution in [2.24, 2.45) is 0 Å². The summed E-state index contributed by atoms with van der Waals surface area (Å²) in [5.41, 5.74) is 3.21. The zero-order chi connectivity index (χ0) is 19.2. The summed E-state index contributed by atoms with van der Waals surface area (Å²) in [5, 5.41) is 11.4. The first-order valence-electron chi connectivity index (χ1n) is 9.57. The number of ether oxygens (including phenoxy) is 1. The number of nitro benzene ring substituents is 1. The number of nitrogens with zero attached hydrogens (tertiary/aromatic N) is 3. The van der Waals surface area contributed by atoms with Gasteiger partial charge in [0.05, 0.1) is 11.5 Å². The van der Waals surface area contributed by atoms with Gasteiger partial charge in [-0.05, 0) is 31.9 Å². The zero-order valence-corrected chi connectivity index (χ0v) is 16.0. The lowest BCUT2D eigenvalue weighted by Gasteiger charge is -2.38. The largest absolute Gasteiger partial charge is 0.372 e. The summed E-state index contributed by atoms with van der Waals surface area (Å²) in [6.07, 6.45) is 0.674. The molecule has 0 aliphatic carbocycles. The number of non-ortho nitro benzene ring substituents is 1. The van der Waals surface area contributed by atoms with Crippen LogP contribution >= 0.6 is 0 Å². The summed E-state index contributed by atoms with van der Waals surface area (Å²) in [6, 6.07) is 15.4. The van der Waals surface area contributed by atoms with Crippen molar-refractivity contribution in [1.29, 1.82) is 0 Å². The van der Waals surface area contributed by atoms with Gasteiger partial charge in [0, 0.05) is 49.6 Å². The Labute approximate surface area is 160 Å². The standard InChI is InChI=1S/C21H27N3O3/c1-3-22(4-2)20-12-11-18(24(25)26)15-19(20)21-23(13-8-14-27-21)16-17-9-6-5-7-10-17/h5-7,9-12,15,21H,3-4,8,13-14,16H2,1-2H3/t21-/m0/s1. The van der Waals surface area contributed by atoms with Gasteiger partial charge in [-0.3, -0.25) is 15.0 Å². The minimum absolute atomic E-state index is 0.106. The molecule has 2 aromatic carbocycles. The number of nitro groups is 1. The first-order valence-corrected chi connectivity index (χ1v) is 9.57. The van der Waals surface area contributed by atoms with Gasteiger partial charge >= 0.3 is 0 Å². The molecule has 0 bridgehead atoms. The highest BCUT2D eigenvalue weighted by molar-refractivity contribution is 5.59. The summed E-state index contributed by atoms with van der Waals surface area (Å²) in [6.45, 7) is 8.19. The third-order valence-corrected chi connectivity index (χ3v) is 5.02. The van der Waals surface area contributed by atoms with E-state index in [0.717, 1.165) is 43.9 Å². The van der Waals surface area contributed by atoms with E-state index in [2.05, 4.69) is 35.8 Å². The van der Waals surface area contributed by atoms with Gasteiger partial charge in [-0.1, -0.05) is 30.3 Å². The second kappa shape index (κ2) is 8.97. The number of hydrogen-bond acceptors (Lipinski definition) is 5. The second-order valence-electron chi connectivity index (χ2n) is 6.71. The summed E-state index contributed by atoms with van der Waals surface area (Å²) in [7, 11) is 0. The van der Waals surface area contributed by atoms with Gasteiger partial charge in [0.25, 0.3) is 5.69 Å². The molecule has 6 heteroatoms. The molecule has 1 fully saturated rings. The topological polar surface area (TPSA) is 58.9 Å². The second-order valence-corrected chi connectivity index (χ2v) is 6.71. The lowest BCUT2D eigenvalue weighted by Crippen LogP contribution is -2.37. The van der Waals surface area contributed by atoms with Gasteiger partial charge < -0.3 is 9.64 Å². The number of anilines is 1. The minimum atomic E-state index is -0.333. The summed E-state index contributed by atoms with van der Waals surface area (Å²) in [5.74, 6) is 0. The van der Waals surface area contributed by atoms with Crippen molar-refractivity contribution in [3.8, 4) is 0 Å². The van der Waals surface area contributed by atoms with E-state index < -0.39 is 0 Å². The van der Waals surface area contributed by atoms with E-state index in [-0.39, 0.29) is 16.8 Å². The summed E-state index contributed by atoms with van der Waals surface area (Å²) in [4.78, 5) is 15.5. The molecule has 3 rings (SSSR count). The Morgan fingerprint density at radius 3 is 2.59 bits per heavy atom. The quantitative estimate of drug-likeness (QED) is 0.536. The number of benzene rings is 2. The fourth-order valence-electron chi connectivity index (χ4n) is 3.66. The van der Waals surface area contributed by atoms with Crippen molar-refractivity contribution >= 4 is 11.4 Å². The van der Waals surface area contributed by atoms with E-state index in [1.54, 1.807) is 12.1 Å². The maximum atomic E-state index is 11.4. The molecule has 1 aliphatic heterocycles.